The molecule has 1 N–H and O–H groups in total. The second kappa shape index (κ2) is 7.55. The van der Waals surface area contributed by atoms with Gasteiger partial charge in [0.05, 0.1) is 11.4 Å². The number of likely N-dealkylation sites (N-methyl/N-ethyl adjacent to an activating group) is 1. The molecule has 0 saturated carbocycles. The van der Waals surface area contributed by atoms with E-state index in [0.717, 1.165) is 46.4 Å². The molecule has 0 amide bonds. The van der Waals surface area contributed by atoms with Crippen LogP contribution in [-0.2, 0) is 0 Å². The summed E-state index contributed by atoms with van der Waals surface area (Å²) in [5.74, 6) is 2.01. The number of nitrogens with zero attached hydrogens (tertiary/aromatic N) is 5. The van der Waals surface area contributed by atoms with Crippen molar-refractivity contribution in [3.63, 3.8) is 0 Å². The van der Waals surface area contributed by atoms with Crippen LogP contribution in [0.15, 0.2) is 60.8 Å². The average molecular weight is 434 g/mol. The topological polar surface area (TPSA) is 57.4 Å². The summed E-state index contributed by atoms with van der Waals surface area (Å²) in [7, 11) is 1.87. The van der Waals surface area contributed by atoms with Gasteiger partial charge in [-0.1, -0.05) is 30.7 Å². The molecule has 1 aromatic heterocycles. The van der Waals surface area contributed by atoms with Gasteiger partial charge in [-0.25, -0.2) is 0 Å². The van der Waals surface area contributed by atoms with Crippen LogP contribution in [0, 0.1) is 6.92 Å². The molecule has 0 fully saturated rings. The molecule has 7 heteroatoms. The van der Waals surface area contributed by atoms with Gasteiger partial charge in [0.2, 0.25) is 0 Å². The minimum atomic E-state index is -0.599. The summed E-state index contributed by atoms with van der Waals surface area (Å²) < 4.78 is 2.15. The standard InChI is InChI=1S/C24H24ClN5O/c1-15-13-29(20-8-6-19(25)7-9-20)22-12-17(18-5-11-23(31)28(3)14-18)4-10-21(22)30-16(2)26-27-24(15)30/h4-12,14-15,23,31H,13H2,1-3H3/t15-,23?/m1/s1. The summed E-state index contributed by atoms with van der Waals surface area (Å²) in [6, 6.07) is 14.4. The fourth-order valence-electron chi connectivity index (χ4n) is 4.26. The Labute approximate surface area is 186 Å². The molecule has 3 heterocycles. The predicted octanol–water partition coefficient (Wildman–Crippen LogP) is 4.65. The number of aliphatic hydroxyl groups is 1. The van der Waals surface area contributed by atoms with Gasteiger partial charge >= 0.3 is 0 Å². The van der Waals surface area contributed by atoms with Crippen molar-refractivity contribution in [2.75, 3.05) is 18.5 Å². The maximum Gasteiger partial charge on any atom is 0.145 e. The fourth-order valence-corrected chi connectivity index (χ4v) is 4.38. The smallest absolute Gasteiger partial charge is 0.145 e. The Morgan fingerprint density at radius 1 is 1.06 bits per heavy atom. The number of halogens is 1. The number of benzene rings is 2. The Morgan fingerprint density at radius 3 is 2.58 bits per heavy atom. The van der Waals surface area contributed by atoms with E-state index in [9.17, 15) is 5.11 Å². The highest BCUT2D eigenvalue weighted by Crippen LogP contribution is 2.40. The molecule has 0 saturated heterocycles. The van der Waals surface area contributed by atoms with Crippen LogP contribution in [0.1, 0.15) is 30.1 Å². The molecule has 2 atom stereocenters. The first-order valence-corrected chi connectivity index (χ1v) is 10.7. The highest BCUT2D eigenvalue weighted by Gasteiger charge is 2.28. The number of rotatable bonds is 2. The van der Waals surface area contributed by atoms with E-state index in [-0.39, 0.29) is 5.92 Å². The van der Waals surface area contributed by atoms with Crippen molar-refractivity contribution in [3.05, 3.63) is 83.1 Å². The van der Waals surface area contributed by atoms with Gasteiger partial charge in [0.15, 0.2) is 0 Å². The van der Waals surface area contributed by atoms with Crippen molar-refractivity contribution >= 4 is 28.5 Å². The molecule has 2 aliphatic rings. The number of aromatic nitrogens is 3. The Hall–Kier alpha value is -3.09. The Morgan fingerprint density at radius 2 is 1.84 bits per heavy atom. The molecule has 0 aliphatic carbocycles. The van der Waals surface area contributed by atoms with E-state index in [1.807, 2.05) is 38.4 Å². The molecule has 1 unspecified atom stereocenters. The molecule has 31 heavy (non-hydrogen) atoms. The quantitative estimate of drug-likeness (QED) is 0.637. The predicted molar refractivity (Wildman–Crippen MR) is 124 cm³/mol. The second-order valence-corrected chi connectivity index (χ2v) is 8.59. The van der Waals surface area contributed by atoms with Crippen LogP contribution in [0.25, 0.3) is 11.3 Å². The number of hydrogen-bond acceptors (Lipinski definition) is 5. The second-order valence-electron chi connectivity index (χ2n) is 8.16. The third-order valence-corrected chi connectivity index (χ3v) is 6.19. The van der Waals surface area contributed by atoms with Crippen molar-refractivity contribution in [1.82, 2.24) is 19.7 Å². The molecule has 6 nitrogen and oxygen atoms in total. The van der Waals surface area contributed by atoms with Gasteiger partial charge in [0, 0.05) is 36.4 Å². The average Bonchev–Trinajstić information content (AvgIpc) is 3.10. The third kappa shape index (κ3) is 3.42. The van der Waals surface area contributed by atoms with Crippen LogP contribution in [0.5, 0.6) is 0 Å². The Kier molecular flexibility index (Phi) is 4.84. The zero-order valence-corrected chi connectivity index (χ0v) is 18.5. The van der Waals surface area contributed by atoms with Gasteiger partial charge in [-0.05, 0) is 60.5 Å². The van der Waals surface area contributed by atoms with Crippen LogP contribution in [0.4, 0.5) is 11.4 Å². The van der Waals surface area contributed by atoms with E-state index in [1.54, 1.807) is 11.0 Å². The zero-order valence-electron chi connectivity index (χ0n) is 17.7. The van der Waals surface area contributed by atoms with E-state index in [2.05, 4.69) is 56.9 Å². The maximum atomic E-state index is 9.99. The molecule has 0 radical (unpaired) electrons. The number of anilines is 2. The SMILES string of the molecule is Cc1nnc2n1-c1ccc(C3=CN(C)C(O)C=C3)cc1N(c1ccc(Cl)cc1)C[C@H]2C. The third-order valence-electron chi connectivity index (χ3n) is 5.93. The molecular weight excluding hydrogens is 410 g/mol. The molecule has 158 valence electrons. The van der Waals surface area contributed by atoms with Gasteiger partial charge in [-0.2, -0.15) is 0 Å². The largest absolute Gasteiger partial charge is 0.370 e. The van der Waals surface area contributed by atoms with Crippen LogP contribution in [0.3, 0.4) is 0 Å². The summed E-state index contributed by atoms with van der Waals surface area (Å²) in [6.07, 6.45) is 5.13. The monoisotopic (exact) mass is 433 g/mol. The van der Waals surface area contributed by atoms with Crippen LogP contribution in [0.2, 0.25) is 5.02 Å². The lowest BCUT2D eigenvalue weighted by Crippen LogP contribution is -2.26. The number of aryl methyl sites for hydroxylation is 1. The van der Waals surface area contributed by atoms with Crippen molar-refractivity contribution in [2.24, 2.45) is 0 Å². The minimum Gasteiger partial charge on any atom is -0.370 e. The lowest BCUT2D eigenvalue weighted by atomic mass is 10.0. The number of hydrogen-bond donors (Lipinski definition) is 1. The minimum absolute atomic E-state index is 0.183. The van der Waals surface area contributed by atoms with Gasteiger partial charge in [-0.3, -0.25) is 4.57 Å². The van der Waals surface area contributed by atoms with Crippen LogP contribution < -0.4 is 4.90 Å². The number of aliphatic hydroxyl groups excluding tert-OH is 1. The summed E-state index contributed by atoms with van der Waals surface area (Å²) in [6.45, 7) is 4.93. The lowest BCUT2D eigenvalue weighted by molar-refractivity contribution is 0.0980. The maximum absolute atomic E-state index is 9.99. The molecular formula is C24H24ClN5O. The summed E-state index contributed by atoms with van der Waals surface area (Å²) in [5.41, 5.74) is 5.33. The van der Waals surface area contributed by atoms with Crippen molar-refractivity contribution in [1.29, 1.82) is 0 Å². The van der Waals surface area contributed by atoms with Gasteiger partial charge in [0.25, 0.3) is 0 Å². The lowest BCUT2D eigenvalue weighted by Gasteiger charge is -2.28. The molecule has 2 aromatic carbocycles. The first-order valence-electron chi connectivity index (χ1n) is 10.3. The molecule has 3 aromatic rings. The highest BCUT2D eigenvalue weighted by atomic mass is 35.5. The van der Waals surface area contributed by atoms with E-state index in [4.69, 9.17) is 11.6 Å². The Bertz CT molecular complexity index is 1200. The normalized spacial score (nSPS) is 20.2. The number of fused-ring (bicyclic) bond motifs is 3. The van der Waals surface area contributed by atoms with Crippen molar-refractivity contribution in [3.8, 4) is 5.69 Å². The van der Waals surface area contributed by atoms with Gasteiger partial charge in [-0.15, -0.1) is 10.2 Å². The van der Waals surface area contributed by atoms with E-state index >= 15 is 0 Å². The summed E-state index contributed by atoms with van der Waals surface area (Å²) in [4.78, 5) is 4.11. The fraction of sp³-hybridized carbons (Fsp3) is 0.250. The highest BCUT2D eigenvalue weighted by molar-refractivity contribution is 6.30. The van der Waals surface area contributed by atoms with E-state index < -0.39 is 6.23 Å². The van der Waals surface area contributed by atoms with E-state index in [1.165, 1.54) is 0 Å². The van der Waals surface area contributed by atoms with Gasteiger partial charge < -0.3 is 14.9 Å². The first kappa shape index (κ1) is 19.8. The summed E-state index contributed by atoms with van der Waals surface area (Å²) >= 11 is 6.16. The zero-order chi connectivity index (χ0) is 21.7. The molecule has 0 bridgehead atoms. The molecule has 0 spiro atoms. The van der Waals surface area contributed by atoms with Crippen LogP contribution in [-0.4, -0.2) is 44.6 Å². The van der Waals surface area contributed by atoms with Gasteiger partial charge in [0.1, 0.15) is 17.9 Å². The summed E-state index contributed by atoms with van der Waals surface area (Å²) in [5, 5.41) is 19.5. The molecule has 5 rings (SSSR count). The Balaban J connectivity index is 1.70. The van der Waals surface area contributed by atoms with E-state index in [0.29, 0.717) is 5.02 Å². The number of allylic oxidation sites excluding steroid dienone is 2. The van der Waals surface area contributed by atoms with Crippen LogP contribution >= 0.6 is 11.6 Å². The molecule has 2 aliphatic heterocycles. The van der Waals surface area contributed by atoms with Crippen molar-refractivity contribution < 1.29 is 5.11 Å². The van der Waals surface area contributed by atoms with Crippen molar-refractivity contribution in [2.45, 2.75) is 26.0 Å². The first-order chi connectivity index (χ1) is 14.9.